The van der Waals surface area contributed by atoms with Gasteiger partial charge in [0.25, 0.3) is 5.56 Å². The van der Waals surface area contributed by atoms with E-state index < -0.39 is 0 Å². The predicted molar refractivity (Wildman–Crippen MR) is 50.6 cm³/mol. The van der Waals surface area contributed by atoms with E-state index in [9.17, 15) is 4.79 Å². The van der Waals surface area contributed by atoms with Gasteiger partial charge < -0.3 is 4.57 Å². The second-order valence-corrected chi connectivity index (χ2v) is 3.67. The number of halogens is 1. The summed E-state index contributed by atoms with van der Waals surface area (Å²) in [5.41, 5.74) is 0.00750. The first-order valence-corrected chi connectivity index (χ1v) is 4.33. The van der Waals surface area contributed by atoms with Crippen molar-refractivity contribution in [3.05, 3.63) is 33.7 Å². The molecule has 0 aliphatic heterocycles. The van der Waals surface area contributed by atoms with Crippen molar-refractivity contribution in [1.82, 2.24) is 4.57 Å². The normalized spacial score (nSPS) is 10.7. The molecule has 0 N–H and O–H groups in total. The van der Waals surface area contributed by atoms with Gasteiger partial charge in [-0.3, -0.25) is 4.79 Å². The highest BCUT2D eigenvalue weighted by Crippen LogP contribution is 2.04. The summed E-state index contributed by atoms with van der Waals surface area (Å²) in [6.45, 7) is 4.85. The number of rotatable bonds is 2. The van der Waals surface area contributed by atoms with Crippen LogP contribution in [0.5, 0.6) is 0 Å². The molecule has 3 heteroatoms. The Hall–Kier alpha value is -0.760. The highest BCUT2D eigenvalue weighted by Gasteiger charge is 1.99. The highest BCUT2D eigenvalue weighted by atomic mass is 35.5. The molecule has 12 heavy (non-hydrogen) atoms. The summed E-state index contributed by atoms with van der Waals surface area (Å²) < 4.78 is 1.63. The van der Waals surface area contributed by atoms with Crippen molar-refractivity contribution in [2.24, 2.45) is 5.92 Å². The lowest BCUT2D eigenvalue weighted by atomic mass is 10.2. The Kier molecular flexibility index (Phi) is 2.93. The van der Waals surface area contributed by atoms with E-state index in [1.807, 2.05) is 0 Å². The Morgan fingerprint density at radius 1 is 1.50 bits per heavy atom. The third-order valence-electron chi connectivity index (χ3n) is 1.51. The number of nitrogens with zero attached hydrogens (tertiary/aromatic N) is 1. The van der Waals surface area contributed by atoms with Gasteiger partial charge >= 0.3 is 0 Å². The molecule has 0 fully saturated rings. The van der Waals surface area contributed by atoms with Crippen molar-refractivity contribution in [3.8, 4) is 0 Å². The van der Waals surface area contributed by atoms with Gasteiger partial charge in [0.1, 0.15) is 0 Å². The largest absolute Gasteiger partial charge is 0.314 e. The van der Waals surface area contributed by atoms with Crippen molar-refractivity contribution >= 4 is 11.6 Å². The quantitative estimate of drug-likeness (QED) is 0.692. The van der Waals surface area contributed by atoms with Gasteiger partial charge in [0.05, 0.1) is 5.02 Å². The number of hydrogen-bond donors (Lipinski definition) is 0. The molecular formula is C9H12ClNO. The third kappa shape index (κ3) is 2.38. The van der Waals surface area contributed by atoms with Crippen LogP contribution in [0.15, 0.2) is 23.1 Å². The van der Waals surface area contributed by atoms with E-state index in [0.29, 0.717) is 10.9 Å². The summed E-state index contributed by atoms with van der Waals surface area (Å²) in [5.74, 6) is 0.459. The van der Waals surface area contributed by atoms with Gasteiger partial charge in [0.15, 0.2) is 0 Å². The molecule has 0 bridgehead atoms. The van der Waals surface area contributed by atoms with Crippen molar-refractivity contribution < 1.29 is 0 Å². The van der Waals surface area contributed by atoms with Crippen LogP contribution in [0.2, 0.25) is 5.02 Å². The summed E-state index contributed by atoms with van der Waals surface area (Å²) in [6.07, 6.45) is 1.67. The average molecular weight is 186 g/mol. The zero-order valence-corrected chi connectivity index (χ0v) is 8.01. The van der Waals surface area contributed by atoms with Gasteiger partial charge in [-0.15, -0.1) is 0 Å². The van der Waals surface area contributed by atoms with Crippen LogP contribution in [-0.2, 0) is 6.54 Å². The van der Waals surface area contributed by atoms with Gasteiger partial charge in [0, 0.05) is 18.8 Å². The molecular weight excluding hydrogens is 174 g/mol. The molecule has 1 heterocycles. The molecule has 0 radical (unpaired) electrons. The van der Waals surface area contributed by atoms with Crippen molar-refractivity contribution in [2.45, 2.75) is 20.4 Å². The van der Waals surface area contributed by atoms with E-state index in [4.69, 9.17) is 11.6 Å². The Bertz CT molecular complexity index is 317. The minimum absolute atomic E-state index is 0.00750. The Morgan fingerprint density at radius 2 is 2.17 bits per heavy atom. The zero-order valence-electron chi connectivity index (χ0n) is 7.25. The van der Waals surface area contributed by atoms with Crippen LogP contribution in [0.4, 0.5) is 0 Å². The maximum atomic E-state index is 11.2. The second kappa shape index (κ2) is 3.76. The molecule has 0 aromatic carbocycles. The zero-order chi connectivity index (χ0) is 9.14. The summed E-state index contributed by atoms with van der Waals surface area (Å²) >= 11 is 5.74. The van der Waals surface area contributed by atoms with E-state index in [2.05, 4.69) is 13.8 Å². The fraction of sp³-hybridized carbons (Fsp3) is 0.444. The van der Waals surface area contributed by atoms with Crippen molar-refractivity contribution in [1.29, 1.82) is 0 Å². The topological polar surface area (TPSA) is 22.0 Å². The van der Waals surface area contributed by atoms with Gasteiger partial charge in [-0.25, -0.2) is 0 Å². The van der Waals surface area contributed by atoms with Crippen LogP contribution >= 0.6 is 11.6 Å². The molecule has 1 rings (SSSR count). The molecule has 0 amide bonds. The average Bonchev–Trinajstić information content (AvgIpc) is 1.96. The molecule has 2 nitrogen and oxygen atoms in total. The Labute approximate surface area is 76.8 Å². The first kappa shape index (κ1) is 9.33. The minimum Gasteiger partial charge on any atom is -0.314 e. The van der Waals surface area contributed by atoms with Crippen LogP contribution in [0.1, 0.15) is 13.8 Å². The van der Waals surface area contributed by atoms with Crippen molar-refractivity contribution in [2.75, 3.05) is 0 Å². The molecule has 1 aromatic heterocycles. The van der Waals surface area contributed by atoms with Crippen LogP contribution in [0.3, 0.4) is 0 Å². The maximum absolute atomic E-state index is 11.2. The first-order chi connectivity index (χ1) is 5.59. The number of hydrogen-bond acceptors (Lipinski definition) is 1. The third-order valence-corrected chi connectivity index (χ3v) is 1.73. The monoisotopic (exact) mass is 185 g/mol. The fourth-order valence-electron chi connectivity index (χ4n) is 1.04. The van der Waals surface area contributed by atoms with Gasteiger partial charge in [-0.1, -0.05) is 25.4 Å². The van der Waals surface area contributed by atoms with Gasteiger partial charge in [0.2, 0.25) is 0 Å². The first-order valence-electron chi connectivity index (χ1n) is 3.95. The second-order valence-electron chi connectivity index (χ2n) is 3.23. The smallest absolute Gasteiger partial charge is 0.250 e. The van der Waals surface area contributed by atoms with E-state index in [0.717, 1.165) is 6.54 Å². The lowest BCUT2D eigenvalue weighted by Crippen LogP contribution is -2.20. The SMILES string of the molecule is CC(C)Cn1cc(Cl)ccc1=O. The summed E-state index contributed by atoms with van der Waals surface area (Å²) in [6, 6.07) is 3.10. The van der Waals surface area contributed by atoms with Gasteiger partial charge in [-0.2, -0.15) is 0 Å². The van der Waals surface area contributed by atoms with Crippen molar-refractivity contribution in [3.63, 3.8) is 0 Å². The fourth-order valence-corrected chi connectivity index (χ4v) is 1.22. The van der Waals surface area contributed by atoms with E-state index in [-0.39, 0.29) is 5.56 Å². The molecule has 0 unspecified atom stereocenters. The molecule has 1 aromatic rings. The summed E-state index contributed by atoms with van der Waals surface area (Å²) in [5, 5.41) is 0.607. The number of aromatic nitrogens is 1. The van der Waals surface area contributed by atoms with Gasteiger partial charge in [-0.05, 0) is 12.0 Å². The summed E-state index contributed by atoms with van der Waals surface area (Å²) in [4.78, 5) is 11.2. The minimum atomic E-state index is 0.00750. The van der Waals surface area contributed by atoms with Crippen LogP contribution < -0.4 is 5.56 Å². The van der Waals surface area contributed by atoms with Crippen LogP contribution in [-0.4, -0.2) is 4.57 Å². The lowest BCUT2D eigenvalue weighted by Gasteiger charge is -2.07. The number of pyridine rings is 1. The van der Waals surface area contributed by atoms with E-state index in [1.54, 1.807) is 16.8 Å². The molecule has 0 saturated heterocycles. The maximum Gasteiger partial charge on any atom is 0.250 e. The molecule has 66 valence electrons. The molecule has 0 aliphatic rings. The summed E-state index contributed by atoms with van der Waals surface area (Å²) in [7, 11) is 0. The molecule has 0 saturated carbocycles. The Balaban J connectivity index is 2.98. The molecule has 0 atom stereocenters. The van der Waals surface area contributed by atoms with Crippen LogP contribution in [0, 0.1) is 5.92 Å². The van der Waals surface area contributed by atoms with E-state index in [1.165, 1.54) is 6.07 Å². The van der Waals surface area contributed by atoms with Crippen LogP contribution in [0.25, 0.3) is 0 Å². The Morgan fingerprint density at radius 3 is 2.75 bits per heavy atom. The highest BCUT2D eigenvalue weighted by molar-refractivity contribution is 6.30. The molecule has 0 spiro atoms. The lowest BCUT2D eigenvalue weighted by molar-refractivity contribution is 0.511. The standard InChI is InChI=1S/C9H12ClNO/c1-7(2)5-11-6-8(10)3-4-9(11)12/h3-4,6-7H,5H2,1-2H3. The van der Waals surface area contributed by atoms with E-state index >= 15 is 0 Å². The molecule has 0 aliphatic carbocycles. The predicted octanol–water partition coefficient (Wildman–Crippen LogP) is 2.16.